The van der Waals surface area contributed by atoms with Crippen LogP contribution in [0.25, 0.3) is 10.8 Å². The molecule has 0 radical (unpaired) electrons. The van der Waals surface area contributed by atoms with E-state index in [0.29, 0.717) is 22.4 Å². The highest BCUT2D eigenvalue weighted by Gasteiger charge is 2.35. The number of nitrogens with zero attached hydrogens (tertiary/aromatic N) is 4. The summed E-state index contributed by atoms with van der Waals surface area (Å²) in [5.41, 5.74) is 0.0632. The van der Waals surface area contributed by atoms with Gasteiger partial charge in [0, 0.05) is 72.6 Å². The Labute approximate surface area is 229 Å². The first-order valence-electron chi connectivity index (χ1n) is 13.6. The number of benzene rings is 1. The number of hydrogen-bond donors (Lipinski definition) is 1. The Morgan fingerprint density at radius 2 is 1.82 bits per heavy atom. The number of alkyl halides is 3. The normalized spacial score (nSPS) is 18.2. The van der Waals surface area contributed by atoms with Crippen molar-refractivity contribution in [3.63, 3.8) is 0 Å². The summed E-state index contributed by atoms with van der Waals surface area (Å²) >= 11 is 0. The van der Waals surface area contributed by atoms with Gasteiger partial charge in [-0.05, 0) is 45.6 Å². The summed E-state index contributed by atoms with van der Waals surface area (Å²) in [6.45, 7) is 10.7. The maximum atomic E-state index is 14.8. The van der Waals surface area contributed by atoms with E-state index in [1.54, 1.807) is 24.6 Å². The molecule has 1 N–H and O–H groups in total. The van der Waals surface area contributed by atoms with Gasteiger partial charge in [-0.25, -0.2) is 4.39 Å². The van der Waals surface area contributed by atoms with Crippen LogP contribution in [-0.4, -0.2) is 46.0 Å². The van der Waals surface area contributed by atoms with E-state index in [1.165, 1.54) is 18.2 Å². The van der Waals surface area contributed by atoms with Crippen molar-refractivity contribution in [1.29, 1.82) is 0 Å². The molecule has 0 unspecified atom stereocenters. The first kappa shape index (κ1) is 28.1. The molecule has 0 amide bonds. The van der Waals surface area contributed by atoms with Crippen LogP contribution in [0.1, 0.15) is 61.5 Å². The predicted molar refractivity (Wildman–Crippen MR) is 145 cm³/mol. The van der Waals surface area contributed by atoms with Gasteiger partial charge in [-0.15, -0.1) is 5.10 Å². The summed E-state index contributed by atoms with van der Waals surface area (Å²) in [6, 6.07) is 3.85. The second-order valence-electron chi connectivity index (χ2n) is 10.6. The van der Waals surface area contributed by atoms with Crippen LogP contribution in [0.15, 0.2) is 47.5 Å². The third-order valence-electron chi connectivity index (χ3n) is 8.14. The van der Waals surface area contributed by atoms with E-state index in [9.17, 15) is 22.4 Å². The van der Waals surface area contributed by atoms with Crippen molar-refractivity contribution in [2.75, 3.05) is 31.6 Å². The number of piperidine rings is 1. The van der Waals surface area contributed by atoms with E-state index in [2.05, 4.69) is 27.0 Å². The Morgan fingerprint density at radius 1 is 1.12 bits per heavy atom. The summed E-state index contributed by atoms with van der Waals surface area (Å²) in [6.07, 6.45) is 0.410. The predicted octanol–water partition coefficient (Wildman–Crippen LogP) is 6.01. The van der Waals surface area contributed by atoms with E-state index in [4.69, 9.17) is 4.74 Å². The summed E-state index contributed by atoms with van der Waals surface area (Å²) in [5.74, 6) is -0.637. The lowest BCUT2D eigenvalue weighted by molar-refractivity contribution is -0.140. The second-order valence-corrected chi connectivity index (χ2v) is 10.6. The Balaban J connectivity index is 1.39. The molecular weight excluding hydrogens is 526 g/mol. The van der Waals surface area contributed by atoms with Crippen LogP contribution in [0.4, 0.5) is 23.4 Å². The number of pyridine rings is 1. The molecule has 2 saturated heterocycles. The highest BCUT2D eigenvalue weighted by Crippen LogP contribution is 2.35. The minimum absolute atomic E-state index is 0.0321. The summed E-state index contributed by atoms with van der Waals surface area (Å²) in [5, 5.41) is 12.6. The van der Waals surface area contributed by atoms with Gasteiger partial charge < -0.3 is 19.5 Å². The van der Waals surface area contributed by atoms with Crippen molar-refractivity contribution in [1.82, 2.24) is 19.7 Å². The number of ether oxygens (including phenoxy) is 1. The molecule has 1 aromatic carbocycles. The van der Waals surface area contributed by atoms with Crippen LogP contribution in [0, 0.1) is 18.7 Å². The molecule has 7 nitrogen and oxygen atoms in total. The molecule has 2 aromatic heterocycles. The largest absolute Gasteiger partial charge is 0.419 e. The Hall–Kier alpha value is -3.47. The smallest absolute Gasteiger partial charge is 0.381 e. The van der Waals surface area contributed by atoms with E-state index in [-0.39, 0.29) is 23.0 Å². The van der Waals surface area contributed by atoms with Gasteiger partial charge in [-0.1, -0.05) is 18.7 Å². The van der Waals surface area contributed by atoms with Crippen LogP contribution in [-0.2, 0) is 10.9 Å². The van der Waals surface area contributed by atoms with Gasteiger partial charge in [0.25, 0.3) is 5.56 Å². The SMILES string of the molecule is C=C(C1CCOCC1)N1CCC(n2cc3c(N[C@H](C)c4cccc(C(F)(F)F)c4F)nnc(C)c3cc2=O)CC1. The number of aryl methyl sites for hydroxylation is 1. The fourth-order valence-electron chi connectivity index (χ4n) is 5.77. The molecule has 2 aliphatic heterocycles. The Kier molecular flexibility index (Phi) is 7.85. The fraction of sp³-hybridized carbons (Fsp3) is 0.483. The van der Waals surface area contributed by atoms with Gasteiger partial charge in [0.1, 0.15) is 5.82 Å². The van der Waals surface area contributed by atoms with Crippen LogP contribution in [0.2, 0.25) is 0 Å². The van der Waals surface area contributed by atoms with E-state index < -0.39 is 23.6 Å². The minimum atomic E-state index is -4.81. The first-order valence-corrected chi connectivity index (χ1v) is 13.6. The quantitative estimate of drug-likeness (QED) is 0.373. The second kappa shape index (κ2) is 11.2. The molecule has 0 aliphatic carbocycles. The standard InChI is InChI=1S/C29H33F4N5O2/c1-17(22-5-4-6-25(27(22)30)29(31,32)33)34-28-24-16-38(26(39)15-23(24)18(2)35-36-28)21-7-11-37(12-8-21)19(3)20-9-13-40-14-10-20/h4-6,15-17,20-21H,3,7-14H2,1-2H3,(H,34,36)/t17-/m1/s1. The van der Waals surface area contributed by atoms with Crippen molar-refractivity contribution in [3.8, 4) is 0 Å². The zero-order valence-corrected chi connectivity index (χ0v) is 22.6. The number of rotatable bonds is 6. The zero-order chi connectivity index (χ0) is 28.6. The Bertz CT molecular complexity index is 1460. The number of likely N-dealkylation sites (tertiary alicyclic amines) is 1. The molecule has 5 rings (SSSR count). The molecule has 40 heavy (non-hydrogen) atoms. The van der Waals surface area contributed by atoms with Crippen LogP contribution in [0.5, 0.6) is 0 Å². The number of halogens is 4. The van der Waals surface area contributed by atoms with Crippen molar-refractivity contribution < 1.29 is 22.3 Å². The lowest BCUT2D eigenvalue weighted by Gasteiger charge is -2.39. The molecular formula is C29H33F4N5O2. The number of nitrogens with one attached hydrogen (secondary N) is 1. The van der Waals surface area contributed by atoms with Gasteiger partial charge in [0.15, 0.2) is 5.82 Å². The van der Waals surface area contributed by atoms with Crippen LogP contribution in [0.3, 0.4) is 0 Å². The average molecular weight is 560 g/mol. The molecule has 1 atom stereocenters. The molecule has 11 heteroatoms. The molecule has 0 spiro atoms. The third-order valence-corrected chi connectivity index (χ3v) is 8.14. The lowest BCUT2D eigenvalue weighted by atomic mass is 9.94. The van der Waals surface area contributed by atoms with Crippen LogP contribution < -0.4 is 10.9 Å². The molecule has 0 saturated carbocycles. The molecule has 2 fully saturated rings. The van der Waals surface area contributed by atoms with E-state index in [0.717, 1.165) is 63.7 Å². The minimum Gasteiger partial charge on any atom is -0.381 e. The summed E-state index contributed by atoms with van der Waals surface area (Å²) < 4.78 is 61.8. The fourth-order valence-corrected chi connectivity index (χ4v) is 5.77. The molecule has 2 aliphatic rings. The zero-order valence-electron chi connectivity index (χ0n) is 22.6. The number of anilines is 1. The molecule has 4 heterocycles. The average Bonchev–Trinajstić information content (AvgIpc) is 2.94. The van der Waals surface area contributed by atoms with Crippen LogP contribution >= 0.6 is 0 Å². The maximum Gasteiger partial charge on any atom is 0.419 e. The third kappa shape index (κ3) is 5.56. The molecule has 214 valence electrons. The molecule has 3 aromatic rings. The monoisotopic (exact) mass is 559 g/mol. The summed E-state index contributed by atoms with van der Waals surface area (Å²) in [4.78, 5) is 15.5. The topological polar surface area (TPSA) is 72.3 Å². The summed E-state index contributed by atoms with van der Waals surface area (Å²) in [7, 11) is 0. The number of allylic oxidation sites excluding steroid dienone is 1. The van der Waals surface area contributed by atoms with Crippen molar-refractivity contribution >= 4 is 16.6 Å². The van der Waals surface area contributed by atoms with Crippen molar-refractivity contribution in [2.45, 2.75) is 57.8 Å². The van der Waals surface area contributed by atoms with Gasteiger partial charge in [-0.3, -0.25) is 4.79 Å². The molecule has 0 bridgehead atoms. The number of hydrogen-bond acceptors (Lipinski definition) is 6. The number of fused-ring (bicyclic) bond motifs is 1. The lowest BCUT2D eigenvalue weighted by Crippen LogP contribution is -2.39. The van der Waals surface area contributed by atoms with E-state index in [1.807, 2.05) is 0 Å². The Morgan fingerprint density at radius 3 is 2.50 bits per heavy atom. The highest BCUT2D eigenvalue weighted by atomic mass is 19.4. The van der Waals surface area contributed by atoms with E-state index >= 15 is 0 Å². The maximum absolute atomic E-state index is 14.8. The van der Waals surface area contributed by atoms with Gasteiger partial charge in [0.2, 0.25) is 0 Å². The van der Waals surface area contributed by atoms with Gasteiger partial charge in [0.05, 0.1) is 17.3 Å². The van der Waals surface area contributed by atoms with Crippen molar-refractivity contribution in [3.05, 3.63) is 75.7 Å². The first-order chi connectivity index (χ1) is 19.0. The highest BCUT2D eigenvalue weighted by molar-refractivity contribution is 5.92. The van der Waals surface area contributed by atoms with Gasteiger partial charge in [-0.2, -0.15) is 18.3 Å². The van der Waals surface area contributed by atoms with Gasteiger partial charge >= 0.3 is 6.18 Å². The number of aromatic nitrogens is 3. The van der Waals surface area contributed by atoms with Crippen molar-refractivity contribution in [2.24, 2.45) is 5.92 Å².